The van der Waals surface area contributed by atoms with Gasteiger partial charge in [0.15, 0.2) is 0 Å². The van der Waals surface area contributed by atoms with Crippen LogP contribution in [0.25, 0.3) is 11.3 Å². The lowest BCUT2D eigenvalue weighted by molar-refractivity contribution is -0.125. The maximum absolute atomic E-state index is 11.5. The number of methoxy groups -OCH3 is 2. The van der Waals surface area contributed by atoms with E-state index in [9.17, 15) is 4.79 Å². The predicted octanol–water partition coefficient (Wildman–Crippen LogP) is 1.22. The molecule has 0 fully saturated rings. The Hall–Kier alpha value is -2.38. The number of imidazole rings is 1. The second-order valence-corrected chi connectivity index (χ2v) is 5.59. The summed E-state index contributed by atoms with van der Waals surface area (Å²) in [6.07, 6.45) is 1.94. The van der Waals surface area contributed by atoms with Gasteiger partial charge in [-0.3, -0.25) is 4.79 Å². The van der Waals surface area contributed by atoms with Crippen molar-refractivity contribution < 1.29 is 19.0 Å². The van der Waals surface area contributed by atoms with Crippen molar-refractivity contribution in [2.24, 2.45) is 0 Å². The van der Waals surface area contributed by atoms with Crippen LogP contribution in [0.5, 0.6) is 5.75 Å². The summed E-state index contributed by atoms with van der Waals surface area (Å²) < 4.78 is 17.8. The average molecular weight is 331 g/mol. The summed E-state index contributed by atoms with van der Waals surface area (Å²) >= 11 is 0. The van der Waals surface area contributed by atoms with Crippen molar-refractivity contribution in [3.8, 4) is 17.0 Å². The van der Waals surface area contributed by atoms with Gasteiger partial charge in [-0.2, -0.15) is 0 Å². The Morgan fingerprint density at radius 1 is 1.38 bits per heavy atom. The van der Waals surface area contributed by atoms with Crippen molar-refractivity contribution in [3.63, 3.8) is 0 Å². The quantitative estimate of drug-likeness (QED) is 0.861. The highest BCUT2D eigenvalue weighted by atomic mass is 16.5. The number of nitrogens with zero attached hydrogens (tertiary/aromatic N) is 2. The molecule has 0 saturated carbocycles. The smallest absolute Gasteiger partial charge is 0.246 e. The molecular formula is C17H21N3O4. The fraction of sp³-hybridized carbons (Fsp3) is 0.412. The summed E-state index contributed by atoms with van der Waals surface area (Å²) in [5, 5.41) is 2.80. The summed E-state index contributed by atoms with van der Waals surface area (Å²) in [5.41, 5.74) is 1.93. The number of fused-ring (bicyclic) bond motifs is 1. The highest BCUT2D eigenvalue weighted by molar-refractivity contribution is 5.77. The summed E-state index contributed by atoms with van der Waals surface area (Å²) in [6, 6.07) is 7.80. The molecule has 0 aliphatic carbocycles. The standard InChI is InChI=1S/C17H21N3O4/c1-22-11-17(21)18-7-14-8-20-9-15(19-16(20)10-24-14)12-3-5-13(23-2)6-4-12/h3-6,9,14H,7-8,10-11H2,1-2H3,(H,18,21)/t14-/m0/s1. The first-order chi connectivity index (χ1) is 11.7. The van der Waals surface area contributed by atoms with Gasteiger partial charge >= 0.3 is 0 Å². The molecule has 1 aliphatic rings. The Bertz CT molecular complexity index is 696. The van der Waals surface area contributed by atoms with Crippen LogP contribution < -0.4 is 10.1 Å². The molecule has 1 amide bonds. The molecule has 7 heteroatoms. The largest absolute Gasteiger partial charge is 0.497 e. The van der Waals surface area contributed by atoms with Gasteiger partial charge in [0, 0.05) is 25.4 Å². The van der Waals surface area contributed by atoms with Crippen molar-refractivity contribution >= 4 is 5.91 Å². The maximum atomic E-state index is 11.5. The van der Waals surface area contributed by atoms with E-state index in [1.807, 2.05) is 30.5 Å². The average Bonchev–Trinajstić information content (AvgIpc) is 3.03. The third kappa shape index (κ3) is 3.74. The minimum atomic E-state index is -0.142. The number of carbonyl (C=O) groups excluding carboxylic acids is 1. The third-order valence-corrected chi connectivity index (χ3v) is 3.90. The number of rotatable bonds is 6. The third-order valence-electron chi connectivity index (χ3n) is 3.90. The van der Waals surface area contributed by atoms with Crippen LogP contribution in [-0.2, 0) is 27.4 Å². The zero-order chi connectivity index (χ0) is 16.9. The Kier molecular flexibility index (Phi) is 5.12. The van der Waals surface area contributed by atoms with Crippen LogP contribution in [0.2, 0.25) is 0 Å². The summed E-state index contributed by atoms with van der Waals surface area (Å²) in [6.45, 7) is 1.61. The monoisotopic (exact) mass is 331 g/mol. The molecule has 0 bridgehead atoms. The fourth-order valence-electron chi connectivity index (χ4n) is 2.63. The van der Waals surface area contributed by atoms with E-state index in [0.717, 1.165) is 22.8 Å². The molecule has 0 unspecified atom stereocenters. The molecule has 24 heavy (non-hydrogen) atoms. The number of hydrogen-bond donors (Lipinski definition) is 1. The highest BCUT2D eigenvalue weighted by Crippen LogP contribution is 2.24. The van der Waals surface area contributed by atoms with E-state index in [1.54, 1.807) is 7.11 Å². The Morgan fingerprint density at radius 2 is 2.17 bits per heavy atom. The lowest BCUT2D eigenvalue weighted by Gasteiger charge is -2.24. The first-order valence-corrected chi connectivity index (χ1v) is 7.77. The molecule has 2 heterocycles. The molecule has 7 nitrogen and oxygen atoms in total. The van der Waals surface area contributed by atoms with E-state index in [0.29, 0.717) is 19.7 Å². The molecular weight excluding hydrogens is 310 g/mol. The molecule has 3 rings (SSSR count). The van der Waals surface area contributed by atoms with Gasteiger partial charge in [0.1, 0.15) is 24.8 Å². The van der Waals surface area contributed by atoms with E-state index in [2.05, 4.69) is 14.9 Å². The lowest BCUT2D eigenvalue weighted by Crippen LogP contribution is -2.39. The zero-order valence-electron chi connectivity index (χ0n) is 13.8. The molecule has 0 saturated heterocycles. The summed E-state index contributed by atoms with van der Waals surface area (Å²) in [5.74, 6) is 1.56. The normalized spacial score (nSPS) is 16.5. The predicted molar refractivity (Wildman–Crippen MR) is 87.7 cm³/mol. The van der Waals surface area contributed by atoms with Crippen molar-refractivity contribution in [1.29, 1.82) is 0 Å². The minimum Gasteiger partial charge on any atom is -0.497 e. The van der Waals surface area contributed by atoms with Crippen LogP contribution in [0.3, 0.4) is 0 Å². The topological polar surface area (TPSA) is 74.6 Å². The molecule has 2 aromatic rings. The van der Waals surface area contributed by atoms with Gasteiger partial charge in [0.25, 0.3) is 0 Å². The number of carbonyl (C=O) groups is 1. The van der Waals surface area contributed by atoms with E-state index in [4.69, 9.17) is 14.2 Å². The molecule has 1 aromatic carbocycles. The van der Waals surface area contributed by atoms with E-state index >= 15 is 0 Å². The van der Waals surface area contributed by atoms with Gasteiger partial charge in [0.2, 0.25) is 5.91 Å². The highest BCUT2D eigenvalue weighted by Gasteiger charge is 2.21. The Labute approximate surface area is 140 Å². The van der Waals surface area contributed by atoms with Crippen LogP contribution in [0.1, 0.15) is 5.82 Å². The fourth-order valence-corrected chi connectivity index (χ4v) is 2.63. The molecule has 0 spiro atoms. The van der Waals surface area contributed by atoms with Gasteiger partial charge in [0.05, 0.1) is 25.5 Å². The Balaban J connectivity index is 1.64. The van der Waals surface area contributed by atoms with Gasteiger partial charge in [-0.1, -0.05) is 0 Å². The molecule has 0 radical (unpaired) electrons. The number of aromatic nitrogens is 2. The minimum absolute atomic E-state index is 0.0602. The van der Waals surface area contributed by atoms with Crippen molar-refractivity contribution in [2.45, 2.75) is 19.3 Å². The van der Waals surface area contributed by atoms with Crippen LogP contribution in [0.15, 0.2) is 30.5 Å². The molecule has 128 valence electrons. The van der Waals surface area contributed by atoms with Crippen molar-refractivity contribution in [3.05, 3.63) is 36.3 Å². The van der Waals surface area contributed by atoms with Gasteiger partial charge in [-0.25, -0.2) is 4.98 Å². The Morgan fingerprint density at radius 3 is 2.88 bits per heavy atom. The molecule has 1 aromatic heterocycles. The van der Waals surface area contributed by atoms with Crippen molar-refractivity contribution in [2.75, 3.05) is 27.4 Å². The second kappa shape index (κ2) is 7.46. The van der Waals surface area contributed by atoms with E-state index < -0.39 is 0 Å². The van der Waals surface area contributed by atoms with Crippen LogP contribution in [0.4, 0.5) is 0 Å². The number of ether oxygens (including phenoxy) is 3. The van der Waals surface area contributed by atoms with Gasteiger partial charge in [-0.15, -0.1) is 0 Å². The van der Waals surface area contributed by atoms with E-state index in [1.165, 1.54) is 7.11 Å². The number of hydrogen-bond acceptors (Lipinski definition) is 5. The van der Waals surface area contributed by atoms with E-state index in [-0.39, 0.29) is 18.6 Å². The first kappa shape index (κ1) is 16.5. The number of nitrogens with one attached hydrogen (secondary N) is 1. The molecule has 1 aliphatic heterocycles. The SMILES string of the molecule is COCC(=O)NC[C@H]1Cn2cc(-c3ccc(OC)cc3)nc2CO1. The lowest BCUT2D eigenvalue weighted by atomic mass is 10.2. The number of benzene rings is 1. The first-order valence-electron chi connectivity index (χ1n) is 7.77. The second-order valence-electron chi connectivity index (χ2n) is 5.59. The molecule has 1 N–H and O–H groups in total. The number of amides is 1. The zero-order valence-corrected chi connectivity index (χ0v) is 13.8. The summed E-state index contributed by atoms with van der Waals surface area (Å²) in [7, 11) is 3.14. The van der Waals surface area contributed by atoms with Crippen LogP contribution in [-0.4, -0.2) is 48.9 Å². The van der Waals surface area contributed by atoms with Gasteiger partial charge < -0.3 is 24.1 Å². The maximum Gasteiger partial charge on any atom is 0.246 e. The molecule has 1 atom stereocenters. The van der Waals surface area contributed by atoms with Crippen LogP contribution in [0, 0.1) is 0 Å². The van der Waals surface area contributed by atoms with Gasteiger partial charge in [-0.05, 0) is 24.3 Å². The van der Waals surface area contributed by atoms with Crippen LogP contribution >= 0.6 is 0 Å². The van der Waals surface area contributed by atoms with Crippen molar-refractivity contribution in [1.82, 2.24) is 14.9 Å². The summed E-state index contributed by atoms with van der Waals surface area (Å²) in [4.78, 5) is 16.1.